The van der Waals surface area contributed by atoms with Crippen LogP contribution in [0.25, 0.3) is 0 Å². The van der Waals surface area contributed by atoms with Crippen molar-refractivity contribution in [3.8, 4) is 17.2 Å². The smallest absolute Gasteiger partial charge is 0.266 e. The standard InChI is InChI=1S/C19H23N3O5/c1-25-15-10-13(11-16(26-2)18(15)27-3)19(24)20-8-9-22-17(23)7-6-14(21-22)12-4-5-12/h6-7,10-12H,4-5,8-9H2,1-3H3,(H,20,24). The second kappa shape index (κ2) is 8.11. The fourth-order valence-electron chi connectivity index (χ4n) is 2.81. The molecule has 1 aromatic heterocycles. The van der Waals surface area contributed by atoms with Crippen molar-refractivity contribution in [1.82, 2.24) is 15.1 Å². The highest BCUT2D eigenvalue weighted by Crippen LogP contribution is 2.38. The van der Waals surface area contributed by atoms with Gasteiger partial charge in [0.15, 0.2) is 11.5 Å². The molecule has 2 aromatic rings. The van der Waals surface area contributed by atoms with Gasteiger partial charge in [0.1, 0.15) is 0 Å². The Balaban J connectivity index is 1.67. The van der Waals surface area contributed by atoms with Gasteiger partial charge in [-0.2, -0.15) is 5.10 Å². The number of nitrogens with one attached hydrogen (secondary N) is 1. The van der Waals surface area contributed by atoms with E-state index in [0.29, 0.717) is 35.3 Å². The third-order valence-corrected chi connectivity index (χ3v) is 4.42. The van der Waals surface area contributed by atoms with Crippen molar-refractivity contribution in [1.29, 1.82) is 0 Å². The third-order valence-electron chi connectivity index (χ3n) is 4.42. The van der Waals surface area contributed by atoms with E-state index in [-0.39, 0.29) is 18.0 Å². The summed E-state index contributed by atoms with van der Waals surface area (Å²) >= 11 is 0. The summed E-state index contributed by atoms with van der Waals surface area (Å²) in [6.07, 6.45) is 2.23. The molecule has 1 fully saturated rings. The normalized spacial score (nSPS) is 13.1. The molecule has 3 rings (SSSR count). The molecule has 1 aromatic carbocycles. The summed E-state index contributed by atoms with van der Waals surface area (Å²) in [4.78, 5) is 24.4. The van der Waals surface area contributed by atoms with E-state index in [1.807, 2.05) is 0 Å². The number of carbonyl (C=O) groups is 1. The van der Waals surface area contributed by atoms with Crippen molar-refractivity contribution in [2.24, 2.45) is 0 Å². The van der Waals surface area contributed by atoms with Crippen LogP contribution in [0.15, 0.2) is 29.1 Å². The topological polar surface area (TPSA) is 91.7 Å². The van der Waals surface area contributed by atoms with Crippen LogP contribution in [0.2, 0.25) is 0 Å². The SMILES string of the molecule is COc1cc(C(=O)NCCn2nc(C3CC3)ccc2=O)cc(OC)c1OC. The average molecular weight is 373 g/mol. The first-order valence-corrected chi connectivity index (χ1v) is 8.73. The van der Waals surface area contributed by atoms with E-state index in [1.54, 1.807) is 18.2 Å². The largest absolute Gasteiger partial charge is 0.493 e. The summed E-state index contributed by atoms with van der Waals surface area (Å²) in [5, 5.41) is 7.17. The quantitative estimate of drug-likeness (QED) is 0.755. The molecule has 1 amide bonds. The zero-order valence-corrected chi connectivity index (χ0v) is 15.7. The summed E-state index contributed by atoms with van der Waals surface area (Å²) < 4.78 is 17.2. The van der Waals surface area contributed by atoms with Crippen LogP contribution in [-0.2, 0) is 6.54 Å². The Bertz CT molecular complexity index is 864. The number of methoxy groups -OCH3 is 3. The van der Waals surface area contributed by atoms with E-state index in [4.69, 9.17) is 14.2 Å². The van der Waals surface area contributed by atoms with Gasteiger partial charge in [-0.15, -0.1) is 0 Å². The molecule has 0 spiro atoms. The van der Waals surface area contributed by atoms with Gasteiger partial charge in [0.05, 0.1) is 33.6 Å². The molecule has 1 saturated carbocycles. The maximum Gasteiger partial charge on any atom is 0.266 e. The number of hydrogen-bond acceptors (Lipinski definition) is 6. The highest BCUT2D eigenvalue weighted by Gasteiger charge is 2.25. The highest BCUT2D eigenvalue weighted by molar-refractivity contribution is 5.95. The van der Waals surface area contributed by atoms with Gasteiger partial charge in [0.25, 0.3) is 11.5 Å². The zero-order valence-electron chi connectivity index (χ0n) is 15.7. The molecule has 27 heavy (non-hydrogen) atoms. The molecule has 1 aliphatic carbocycles. The molecule has 0 bridgehead atoms. The fourth-order valence-corrected chi connectivity index (χ4v) is 2.81. The summed E-state index contributed by atoms with van der Waals surface area (Å²) in [6, 6.07) is 6.47. The highest BCUT2D eigenvalue weighted by atomic mass is 16.5. The third kappa shape index (κ3) is 4.21. The number of hydrogen-bond donors (Lipinski definition) is 1. The van der Waals surface area contributed by atoms with Gasteiger partial charge in [0.2, 0.25) is 5.75 Å². The Labute approximate surface area is 157 Å². The number of amides is 1. The van der Waals surface area contributed by atoms with Crippen molar-refractivity contribution < 1.29 is 19.0 Å². The summed E-state index contributed by atoms with van der Waals surface area (Å²) in [5.41, 5.74) is 1.13. The molecular formula is C19H23N3O5. The molecule has 1 heterocycles. The molecule has 0 radical (unpaired) electrons. The second-order valence-corrected chi connectivity index (χ2v) is 6.26. The van der Waals surface area contributed by atoms with E-state index in [0.717, 1.165) is 18.5 Å². The first kappa shape index (κ1) is 18.8. The molecule has 0 saturated heterocycles. The van der Waals surface area contributed by atoms with Crippen LogP contribution in [0.3, 0.4) is 0 Å². The van der Waals surface area contributed by atoms with E-state index >= 15 is 0 Å². The lowest BCUT2D eigenvalue weighted by atomic mass is 10.1. The Morgan fingerprint density at radius 2 is 1.81 bits per heavy atom. The molecule has 1 aliphatic rings. The van der Waals surface area contributed by atoms with Crippen molar-refractivity contribution in [2.75, 3.05) is 27.9 Å². The monoisotopic (exact) mass is 373 g/mol. The van der Waals surface area contributed by atoms with Crippen molar-refractivity contribution in [2.45, 2.75) is 25.3 Å². The van der Waals surface area contributed by atoms with Gasteiger partial charge in [-0.25, -0.2) is 4.68 Å². The number of nitrogens with zero attached hydrogens (tertiary/aromatic N) is 2. The Morgan fingerprint density at radius 1 is 1.15 bits per heavy atom. The second-order valence-electron chi connectivity index (χ2n) is 6.26. The molecule has 0 atom stereocenters. The van der Waals surface area contributed by atoms with Gasteiger partial charge >= 0.3 is 0 Å². The van der Waals surface area contributed by atoms with Gasteiger partial charge in [-0.3, -0.25) is 9.59 Å². The van der Waals surface area contributed by atoms with Gasteiger partial charge < -0.3 is 19.5 Å². The predicted octanol–water partition coefficient (Wildman–Crippen LogP) is 1.58. The van der Waals surface area contributed by atoms with Crippen LogP contribution in [0.5, 0.6) is 17.2 Å². The molecule has 0 unspecified atom stereocenters. The molecule has 8 nitrogen and oxygen atoms in total. The maximum absolute atomic E-state index is 12.5. The minimum Gasteiger partial charge on any atom is -0.493 e. The molecular weight excluding hydrogens is 350 g/mol. The number of ether oxygens (including phenoxy) is 3. The maximum atomic E-state index is 12.5. The van der Waals surface area contributed by atoms with Gasteiger partial charge in [0, 0.05) is 24.1 Å². The molecule has 8 heteroatoms. The lowest BCUT2D eigenvalue weighted by molar-refractivity contribution is 0.0951. The molecule has 1 N–H and O–H groups in total. The minimum absolute atomic E-state index is 0.179. The van der Waals surface area contributed by atoms with Crippen molar-refractivity contribution >= 4 is 5.91 Å². The first-order valence-electron chi connectivity index (χ1n) is 8.73. The number of aromatic nitrogens is 2. The summed E-state index contributed by atoms with van der Waals surface area (Å²) in [5.74, 6) is 1.38. The van der Waals surface area contributed by atoms with Crippen LogP contribution < -0.4 is 25.1 Å². The van der Waals surface area contributed by atoms with Gasteiger partial charge in [-0.1, -0.05) is 0 Å². The van der Waals surface area contributed by atoms with Crippen LogP contribution in [0.4, 0.5) is 0 Å². The Hall–Kier alpha value is -3.03. The Morgan fingerprint density at radius 3 is 2.37 bits per heavy atom. The predicted molar refractivity (Wildman–Crippen MR) is 98.9 cm³/mol. The lowest BCUT2D eigenvalue weighted by Crippen LogP contribution is -2.32. The van der Waals surface area contributed by atoms with Crippen LogP contribution in [-0.4, -0.2) is 43.6 Å². The molecule has 0 aliphatic heterocycles. The number of benzene rings is 1. The lowest BCUT2D eigenvalue weighted by Gasteiger charge is -2.14. The van der Waals surface area contributed by atoms with Gasteiger partial charge in [-0.05, 0) is 31.0 Å². The average Bonchev–Trinajstić information content (AvgIpc) is 3.53. The zero-order chi connectivity index (χ0) is 19.4. The minimum atomic E-state index is -0.305. The van der Waals surface area contributed by atoms with E-state index in [9.17, 15) is 9.59 Å². The van der Waals surface area contributed by atoms with E-state index < -0.39 is 0 Å². The first-order chi connectivity index (χ1) is 13.1. The van der Waals surface area contributed by atoms with Crippen LogP contribution >= 0.6 is 0 Å². The van der Waals surface area contributed by atoms with Crippen molar-refractivity contribution in [3.63, 3.8) is 0 Å². The summed E-state index contributed by atoms with van der Waals surface area (Å²) in [7, 11) is 4.48. The number of carbonyl (C=O) groups excluding carboxylic acids is 1. The fraction of sp³-hybridized carbons (Fsp3) is 0.421. The van der Waals surface area contributed by atoms with Crippen LogP contribution in [0, 0.1) is 0 Å². The molecule has 144 valence electrons. The Kier molecular flexibility index (Phi) is 5.63. The van der Waals surface area contributed by atoms with E-state index in [2.05, 4.69) is 10.4 Å². The van der Waals surface area contributed by atoms with E-state index in [1.165, 1.54) is 32.1 Å². The number of rotatable bonds is 8. The summed E-state index contributed by atoms with van der Waals surface area (Å²) in [6.45, 7) is 0.575. The van der Waals surface area contributed by atoms with Crippen LogP contribution in [0.1, 0.15) is 34.8 Å². The van der Waals surface area contributed by atoms with Crippen molar-refractivity contribution in [3.05, 3.63) is 45.9 Å².